The van der Waals surface area contributed by atoms with E-state index in [-0.39, 0.29) is 38.6 Å². The number of benzene rings is 2. The van der Waals surface area contributed by atoms with Crippen molar-refractivity contribution < 1.29 is 32.2 Å². The van der Waals surface area contributed by atoms with Crippen LogP contribution in [-0.4, -0.2) is 67.8 Å². The molecule has 190 valence electrons. The fourth-order valence-corrected chi connectivity index (χ4v) is 6.45. The summed E-state index contributed by atoms with van der Waals surface area (Å²) in [5.41, 5.74) is 0.799. The molecule has 0 aliphatic carbocycles. The largest absolute Gasteiger partial charge is 0.389 e. The Bertz CT molecular complexity index is 1150. The lowest BCUT2D eigenvalue weighted by Crippen LogP contribution is -2.57. The zero-order chi connectivity index (χ0) is 25.0. The van der Waals surface area contributed by atoms with Gasteiger partial charge in [-0.15, -0.1) is 0 Å². The normalized spacial score (nSPS) is 25.8. The first kappa shape index (κ1) is 26.0. The molecule has 35 heavy (non-hydrogen) atoms. The van der Waals surface area contributed by atoms with Crippen molar-refractivity contribution in [2.45, 2.75) is 55.1 Å². The summed E-state index contributed by atoms with van der Waals surface area (Å²) in [6, 6.07) is 11.7. The summed E-state index contributed by atoms with van der Waals surface area (Å²) in [7, 11) is -4.25. The lowest BCUT2D eigenvalue weighted by Gasteiger charge is -2.43. The van der Waals surface area contributed by atoms with Gasteiger partial charge in [0.05, 0.1) is 44.0 Å². The Labute approximate surface area is 209 Å². The molecular weight excluding hydrogens is 499 g/mol. The molecule has 2 aliphatic heterocycles. The van der Waals surface area contributed by atoms with Crippen molar-refractivity contribution in [3.8, 4) is 0 Å². The highest BCUT2D eigenvalue weighted by Crippen LogP contribution is 2.32. The second-order valence-electron chi connectivity index (χ2n) is 8.71. The Morgan fingerprint density at radius 1 is 1.14 bits per heavy atom. The highest BCUT2D eigenvalue weighted by Gasteiger charge is 2.43. The summed E-state index contributed by atoms with van der Waals surface area (Å²) in [4.78, 5) is 12.1. The number of hydrogen-bond donors (Lipinski definition) is 2. The summed E-state index contributed by atoms with van der Waals surface area (Å²) in [5, 5.41) is 13.7. The van der Waals surface area contributed by atoms with Crippen LogP contribution in [0.1, 0.15) is 24.8 Å². The van der Waals surface area contributed by atoms with Gasteiger partial charge in [-0.3, -0.25) is 4.79 Å². The third-order valence-corrected chi connectivity index (χ3v) is 8.50. The minimum Gasteiger partial charge on any atom is -0.389 e. The third-order valence-electron chi connectivity index (χ3n) is 6.20. The molecule has 2 aliphatic rings. The van der Waals surface area contributed by atoms with Crippen LogP contribution in [0.5, 0.6) is 0 Å². The molecule has 2 aromatic rings. The number of nitrogens with one attached hydrogen (secondary N) is 1. The molecule has 0 unspecified atom stereocenters. The SMILES string of the molecule is O=C(C[C@@H]1CC[C@H]2[C@@H](COC[C@@H](O)CN2S(=O)(=O)c2ccccc2F)O1)NCc1ccccc1Cl. The number of rotatable bonds is 6. The molecule has 4 atom stereocenters. The number of carbonyl (C=O) groups is 1. The molecule has 2 fully saturated rings. The van der Waals surface area contributed by atoms with Gasteiger partial charge in [-0.05, 0) is 36.6 Å². The lowest BCUT2D eigenvalue weighted by molar-refractivity contribution is -0.146. The molecule has 2 aromatic carbocycles. The van der Waals surface area contributed by atoms with Gasteiger partial charge in [-0.25, -0.2) is 12.8 Å². The number of fused-ring (bicyclic) bond motifs is 1. The number of hydrogen-bond acceptors (Lipinski definition) is 6. The molecule has 2 N–H and O–H groups in total. The molecule has 1 amide bonds. The average molecular weight is 527 g/mol. The molecule has 0 bridgehead atoms. The average Bonchev–Trinajstić information content (AvgIpc) is 2.81. The summed E-state index contributed by atoms with van der Waals surface area (Å²) in [5.74, 6) is -1.08. The number of aliphatic hydroxyl groups excluding tert-OH is 1. The minimum atomic E-state index is -4.25. The van der Waals surface area contributed by atoms with E-state index in [1.54, 1.807) is 6.07 Å². The maximum absolute atomic E-state index is 14.4. The van der Waals surface area contributed by atoms with Gasteiger partial charge in [-0.1, -0.05) is 41.9 Å². The molecule has 4 rings (SSSR count). The molecule has 2 heterocycles. The zero-order valence-electron chi connectivity index (χ0n) is 19.0. The van der Waals surface area contributed by atoms with Crippen molar-refractivity contribution in [3.63, 3.8) is 0 Å². The van der Waals surface area contributed by atoms with E-state index in [4.69, 9.17) is 21.1 Å². The van der Waals surface area contributed by atoms with Crippen molar-refractivity contribution in [3.05, 3.63) is 64.9 Å². The monoisotopic (exact) mass is 526 g/mol. The second-order valence-corrected chi connectivity index (χ2v) is 11.0. The minimum absolute atomic E-state index is 0.0444. The van der Waals surface area contributed by atoms with Crippen LogP contribution in [0.3, 0.4) is 0 Å². The number of carbonyl (C=O) groups excluding carboxylic acids is 1. The summed E-state index contributed by atoms with van der Waals surface area (Å²) in [6.07, 6.45) is -1.29. The molecule has 0 spiro atoms. The first-order valence-electron chi connectivity index (χ1n) is 11.4. The van der Waals surface area contributed by atoms with Gasteiger partial charge in [0, 0.05) is 18.1 Å². The lowest BCUT2D eigenvalue weighted by atomic mass is 9.96. The molecule has 2 saturated heterocycles. The molecule has 0 radical (unpaired) electrons. The molecule has 8 nitrogen and oxygen atoms in total. The van der Waals surface area contributed by atoms with Gasteiger partial charge >= 0.3 is 0 Å². The second kappa shape index (κ2) is 11.3. The number of nitrogens with zero attached hydrogens (tertiary/aromatic N) is 1. The maximum atomic E-state index is 14.4. The van der Waals surface area contributed by atoms with Crippen molar-refractivity contribution in [1.29, 1.82) is 0 Å². The highest BCUT2D eigenvalue weighted by molar-refractivity contribution is 7.89. The van der Waals surface area contributed by atoms with Gasteiger partial charge in [0.1, 0.15) is 10.7 Å². The molecule has 0 saturated carbocycles. The van der Waals surface area contributed by atoms with E-state index in [0.29, 0.717) is 17.9 Å². The first-order chi connectivity index (χ1) is 16.8. The van der Waals surface area contributed by atoms with Crippen LogP contribution in [0.2, 0.25) is 5.02 Å². The quantitative estimate of drug-likeness (QED) is 0.599. The molecule has 0 aromatic heterocycles. The molecular formula is C24H28ClFN2O6S. The Morgan fingerprint density at radius 2 is 1.89 bits per heavy atom. The summed E-state index contributed by atoms with van der Waals surface area (Å²) in [6.45, 7) is -0.00125. The van der Waals surface area contributed by atoms with Gasteiger partial charge in [-0.2, -0.15) is 4.31 Å². The van der Waals surface area contributed by atoms with E-state index in [1.165, 1.54) is 18.2 Å². The van der Waals surface area contributed by atoms with Crippen molar-refractivity contribution >= 4 is 27.5 Å². The Kier molecular flexibility index (Phi) is 8.41. The maximum Gasteiger partial charge on any atom is 0.246 e. The summed E-state index contributed by atoms with van der Waals surface area (Å²) < 4.78 is 53.9. The van der Waals surface area contributed by atoms with Crippen LogP contribution in [0.25, 0.3) is 0 Å². The highest BCUT2D eigenvalue weighted by atomic mass is 35.5. The first-order valence-corrected chi connectivity index (χ1v) is 13.2. The Morgan fingerprint density at radius 3 is 2.66 bits per heavy atom. The van der Waals surface area contributed by atoms with Crippen LogP contribution in [-0.2, 0) is 30.8 Å². The standard InChI is InChI=1S/C24H28ClFN2O6S/c25-19-6-2-1-5-16(19)12-27-24(30)11-18-9-10-21-22(34-18)15-33-14-17(29)13-28(21)35(31,32)23-8-4-3-7-20(23)26/h1-8,17-18,21-22,29H,9-15H2,(H,27,30)/t17-,18-,21-,22+/m0/s1. The zero-order valence-corrected chi connectivity index (χ0v) is 20.6. The molecule has 11 heteroatoms. The van der Waals surface area contributed by atoms with Gasteiger partial charge < -0.3 is 19.9 Å². The van der Waals surface area contributed by atoms with E-state index < -0.39 is 45.1 Å². The van der Waals surface area contributed by atoms with Crippen LogP contribution in [0.4, 0.5) is 4.39 Å². The van der Waals surface area contributed by atoms with Gasteiger partial charge in [0.15, 0.2) is 0 Å². The number of sulfonamides is 1. The Hall–Kier alpha value is -2.08. The van der Waals surface area contributed by atoms with Gasteiger partial charge in [0.2, 0.25) is 15.9 Å². The Balaban J connectivity index is 1.44. The number of halogens is 2. The van der Waals surface area contributed by atoms with Crippen LogP contribution in [0.15, 0.2) is 53.4 Å². The van der Waals surface area contributed by atoms with Crippen LogP contribution < -0.4 is 5.32 Å². The van der Waals surface area contributed by atoms with Gasteiger partial charge in [0.25, 0.3) is 0 Å². The van der Waals surface area contributed by atoms with Crippen molar-refractivity contribution in [2.24, 2.45) is 0 Å². The number of ether oxygens (including phenoxy) is 2. The van der Waals surface area contributed by atoms with Crippen molar-refractivity contribution in [2.75, 3.05) is 19.8 Å². The predicted octanol–water partition coefficient (Wildman–Crippen LogP) is 2.48. The number of aliphatic hydroxyl groups is 1. The smallest absolute Gasteiger partial charge is 0.246 e. The van der Waals surface area contributed by atoms with Crippen LogP contribution in [0, 0.1) is 5.82 Å². The fourth-order valence-electron chi connectivity index (χ4n) is 4.47. The van der Waals surface area contributed by atoms with E-state index in [1.807, 2.05) is 18.2 Å². The van der Waals surface area contributed by atoms with E-state index in [0.717, 1.165) is 15.9 Å². The van der Waals surface area contributed by atoms with Crippen molar-refractivity contribution in [1.82, 2.24) is 9.62 Å². The van der Waals surface area contributed by atoms with E-state index in [2.05, 4.69) is 5.32 Å². The third kappa shape index (κ3) is 6.19. The van der Waals surface area contributed by atoms with Crippen LogP contribution >= 0.6 is 11.6 Å². The number of β-amino-alcohol motifs (C(OH)–C–C–N with tert-alkyl or cyclic N) is 1. The topological polar surface area (TPSA) is 105 Å². The fraction of sp³-hybridized carbons (Fsp3) is 0.458. The van der Waals surface area contributed by atoms with E-state index in [9.17, 15) is 22.7 Å². The number of amides is 1. The summed E-state index contributed by atoms with van der Waals surface area (Å²) >= 11 is 6.13. The predicted molar refractivity (Wildman–Crippen MR) is 127 cm³/mol. The van der Waals surface area contributed by atoms with E-state index >= 15 is 0 Å².